The molecule has 0 saturated heterocycles. The largest absolute Gasteiger partial charge is 0.466 e. The molecule has 0 aliphatic carbocycles. The number of carbonyl (C=O) groups is 4. The Balaban J connectivity index is 2.44. The van der Waals surface area contributed by atoms with E-state index < -0.39 is 11.9 Å². The van der Waals surface area contributed by atoms with Gasteiger partial charge in [-0.05, 0) is 25.0 Å². The fraction of sp³-hybridized carbons (Fsp3) is 0.429. The highest BCUT2D eigenvalue weighted by molar-refractivity contribution is 7.99. The monoisotopic (exact) mass is 530 g/mol. The van der Waals surface area contributed by atoms with Crippen LogP contribution >= 0.6 is 11.8 Å². The number of hydrogen-bond acceptors (Lipinski definition) is 9. The maximum absolute atomic E-state index is 11.8. The highest BCUT2D eigenvalue weighted by Crippen LogP contribution is 2.48. The van der Waals surface area contributed by atoms with Crippen LogP contribution in [-0.2, 0) is 28.7 Å². The Hall–Kier alpha value is -3.33. The lowest BCUT2D eigenvalue weighted by molar-refractivity contribution is -0.144. The molecule has 37 heavy (non-hydrogen) atoms. The van der Waals surface area contributed by atoms with Gasteiger partial charge in [-0.25, -0.2) is 0 Å². The molecule has 2 aromatic rings. The first-order valence-electron chi connectivity index (χ1n) is 12.3. The Morgan fingerprint density at radius 2 is 1.05 bits per heavy atom. The minimum Gasteiger partial charge on any atom is -0.466 e. The Morgan fingerprint density at radius 1 is 0.676 bits per heavy atom. The molecule has 0 fully saturated rings. The summed E-state index contributed by atoms with van der Waals surface area (Å²) >= 11 is 1.53. The highest BCUT2D eigenvalue weighted by Gasteiger charge is 2.26. The van der Waals surface area contributed by atoms with Crippen LogP contribution in [0.2, 0.25) is 0 Å². The van der Waals surface area contributed by atoms with Crippen LogP contribution in [0.3, 0.4) is 0 Å². The van der Waals surface area contributed by atoms with E-state index in [0.29, 0.717) is 24.3 Å². The Labute approximate surface area is 222 Å². The van der Waals surface area contributed by atoms with Gasteiger partial charge < -0.3 is 18.9 Å². The SMILES string of the molecule is CCC(=O)OCCC(SC(CCOC(=O)CC)c1ccccc1OC(C)=O)c1ccccc1OC(C)=O. The molecule has 2 aromatic carbocycles. The van der Waals surface area contributed by atoms with Crippen molar-refractivity contribution >= 4 is 35.6 Å². The summed E-state index contributed by atoms with van der Waals surface area (Å²) in [4.78, 5) is 47.1. The van der Waals surface area contributed by atoms with Crippen LogP contribution in [0, 0.1) is 0 Å². The first-order valence-corrected chi connectivity index (χ1v) is 13.2. The molecule has 0 N–H and O–H groups in total. The van der Waals surface area contributed by atoms with Crippen LogP contribution in [0.4, 0.5) is 0 Å². The quantitative estimate of drug-likeness (QED) is 0.223. The number of ether oxygens (including phenoxy) is 4. The van der Waals surface area contributed by atoms with Crippen molar-refractivity contribution in [2.45, 2.75) is 63.9 Å². The predicted octanol–water partition coefficient (Wildman–Crippen LogP) is 5.74. The normalized spacial score (nSPS) is 12.2. The third-order valence-corrected chi connectivity index (χ3v) is 6.87. The number of benzene rings is 2. The van der Waals surface area contributed by atoms with Crippen LogP contribution in [0.1, 0.15) is 75.0 Å². The summed E-state index contributed by atoms with van der Waals surface area (Å²) in [5.74, 6) is -0.674. The second-order valence-corrected chi connectivity index (χ2v) is 9.51. The molecule has 0 bridgehead atoms. The Bertz CT molecular complexity index is 984. The lowest BCUT2D eigenvalue weighted by Gasteiger charge is -2.26. The number of carbonyl (C=O) groups excluding carboxylic acids is 4. The van der Waals surface area contributed by atoms with Crippen molar-refractivity contribution in [3.05, 3.63) is 59.7 Å². The van der Waals surface area contributed by atoms with Crippen LogP contribution < -0.4 is 9.47 Å². The number of esters is 4. The summed E-state index contributed by atoms with van der Waals surface area (Å²) in [5, 5.41) is -0.532. The average Bonchev–Trinajstić information content (AvgIpc) is 2.87. The molecule has 2 rings (SSSR count). The molecular weight excluding hydrogens is 496 g/mol. The summed E-state index contributed by atoms with van der Waals surface area (Å²) in [5.41, 5.74) is 1.52. The summed E-state index contributed by atoms with van der Waals surface area (Å²) in [6.07, 6.45) is 1.41. The summed E-state index contributed by atoms with van der Waals surface area (Å²) in [6, 6.07) is 14.4. The van der Waals surface area contributed by atoms with E-state index >= 15 is 0 Å². The molecule has 8 nitrogen and oxygen atoms in total. The Morgan fingerprint density at radius 3 is 1.41 bits per heavy atom. The first-order chi connectivity index (χ1) is 17.7. The molecule has 0 amide bonds. The third-order valence-electron chi connectivity index (χ3n) is 5.23. The van der Waals surface area contributed by atoms with E-state index in [-0.39, 0.29) is 48.5 Å². The molecule has 0 aromatic heterocycles. The standard InChI is InChI=1S/C28H34O8S/c1-5-27(31)33-17-15-25(21-11-7-9-13-23(21)35-19(3)29)37-26(16-18-34-28(32)6-2)22-12-8-10-14-24(22)36-20(4)30/h7-14,25-26H,5-6,15-18H2,1-4H3. The van der Waals surface area contributed by atoms with Gasteiger partial charge in [-0.2, -0.15) is 0 Å². The zero-order chi connectivity index (χ0) is 27.2. The van der Waals surface area contributed by atoms with Crippen LogP contribution in [-0.4, -0.2) is 37.1 Å². The molecule has 2 atom stereocenters. The molecule has 0 radical (unpaired) electrons. The van der Waals surface area contributed by atoms with Gasteiger partial charge in [0.2, 0.25) is 0 Å². The van der Waals surface area contributed by atoms with Crippen molar-refractivity contribution in [1.29, 1.82) is 0 Å². The van der Waals surface area contributed by atoms with Gasteiger partial charge in [0, 0.05) is 48.3 Å². The number of thioether (sulfide) groups is 1. The second-order valence-electron chi connectivity index (χ2n) is 8.10. The molecule has 0 spiro atoms. The van der Waals surface area contributed by atoms with E-state index in [0.717, 1.165) is 11.1 Å². The zero-order valence-electron chi connectivity index (χ0n) is 21.7. The third kappa shape index (κ3) is 10.3. The van der Waals surface area contributed by atoms with Crippen LogP contribution in [0.5, 0.6) is 11.5 Å². The van der Waals surface area contributed by atoms with Crippen LogP contribution in [0.25, 0.3) is 0 Å². The molecule has 0 heterocycles. The van der Waals surface area contributed by atoms with Crippen molar-refractivity contribution in [2.24, 2.45) is 0 Å². The maximum Gasteiger partial charge on any atom is 0.308 e. The number of para-hydroxylation sites is 2. The van der Waals surface area contributed by atoms with E-state index in [4.69, 9.17) is 18.9 Å². The van der Waals surface area contributed by atoms with E-state index in [1.165, 1.54) is 25.6 Å². The lowest BCUT2D eigenvalue weighted by Crippen LogP contribution is -2.13. The van der Waals surface area contributed by atoms with Crippen molar-refractivity contribution in [3.63, 3.8) is 0 Å². The van der Waals surface area contributed by atoms with Crippen molar-refractivity contribution in [2.75, 3.05) is 13.2 Å². The van der Waals surface area contributed by atoms with E-state index in [1.54, 1.807) is 38.1 Å². The summed E-state index contributed by atoms with van der Waals surface area (Å²) in [6.45, 7) is 6.46. The first kappa shape index (κ1) is 29.9. The smallest absolute Gasteiger partial charge is 0.308 e. The molecule has 9 heteroatoms. The maximum atomic E-state index is 11.8. The zero-order valence-corrected chi connectivity index (χ0v) is 22.5. The summed E-state index contributed by atoms with van der Waals surface area (Å²) in [7, 11) is 0. The minimum atomic E-state index is -0.447. The molecule has 0 saturated carbocycles. The van der Waals surface area contributed by atoms with Gasteiger partial charge in [-0.3, -0.25) is 19.2 Å². The fourth-order valence-electron chi connectivity index (χ4n) is 3.54. The number of hydrogen-bond donors (Lipinski definition) is 0. The van der Waals surface area contributed by atoms with E-state index in [2.05, 4.69) is 0 Å². The minimum absolute atomic E-state index is 0.169. The predicted molar refractivity (Wildman–Crippen MR) is 140 cm³/mol. The fourth-order valence-corrected chi connectivity index (χ4v) is 5.09. The van der Waals surface area contributed by atoms with Crippen LogP contribution in [0.15, 0.2) is 48.5 Å². The Kier molecular flexibility index (Phi) is 12.7. The van der Waals surface area contributed by atoms with Gasteiger partial charge in [0.25, 0.3) is 0 Å². The van der Waals surface area contributed by atoms with E-state index in [9.17, 15) is 19.2 Å². The highest BCUT2D eigenvalue weighted by atomic mass is 32.2. The van der Waals surface area contributed by atoms with Gasteiger partial charge in [0.15, 0.2) is 0 Å². The summed E-state index contributed by atoms with van der Waals surface area (Å²) < 4.78 is 21.6. The van der Waals surface area contributed by atoms with Crippen molar-refractivity contribution < 1.29 is 38.1 Å². The lowest BCUT2D eigenvalue weighted by atomic mass is 10.1. The van der Waals surface area contributed by atoms with Gasteiger partial charge in [-0.15, -0.1) is 11.8 Å². The molecule has 0 aliphatic rings. The van der Waals surface area contributed by atoms with Gasteiger partial charge in [0.1, 0.15) is 11.5 Å². The average molecular weight is 531 g/mol. The topological polar surface area (TPSA) is 105 Å². The van der Waals surface area contributed by atoms with E-state index in [1.807, 2.05) is 24.3 Å². The van der Waals surface area contributed by atoms with Crippen molar-refractivity contribution in [1.82, 2.24) is 0 Å². The molecule has 0 aliphatic heterocycles. The second kappa shape index (κ2) is 15.7. The van der Waals surface area contributed by atoms with Gasteiger partial charge in [-0.1, -0.05) is 50.2 Å². The molecular formula is C28H34O8S. The van der Waals surface area contributed by atoms with Gasteiger partial charge in [0.05, 0.1) is 13.2 Å². The number of rotatable bonds is 14. The van der Waals surface area contributed by atoms with Crippen molar-refractivity contribution in [3.8, 4) is 11.5 Å². The molecule has 2 unspecified atom stereocenters. The molecule has 200 valence electrons. The van der Waals surface area contributed by atoms with Gasteiger partial charge >= 0.3 is 23.9 Å².